The number of hydrogen-bond acceptors (Lipinski definition) is 4. The molecule has 28 heavy (non-hydrogen) atoms. The molecule has 2 fully saturated rings. The molecule has 1 saturated heterocycles. The van der Waals surface area contributed by atoms with Crippen LogP contribution in [0.2, 0.25) is 0 Å². The van der Waals surface area contributed by atoms with Gasteiger partial charge in [-0.1, -0.05) is 0 Å². The van der Waals surface area contributed by atoms with Crippen molar-refractivity contribution in [1.29, 1.82) is 0 Å². The fourth-order valence-electron chi connectivity index (χ4n) is 3.86. The average Bonchev–Trinajstić information content (AvgIpc) is 3.18. The molecular weight excluding hydrogens is 397 g/mol. The van der Waals surface area contributed by atoms with Crippen molar-refractivity contribution < 1.29 is 4.79 Å². The summed E-state index contributed by atoms with van der Waals surface area (Å²) >= 11 is 0. The number of hydrogen-bond donors (Lipinski definition) is 1. The molecule has 156 valence electrons. The molecule has 4 rings (SSSR count). The molecule has 2 aliphatic rings. The SMILES string of the molecule is Cc1nn(C(C)(C)C)c2nc(C3CC3)cc(C(=O)N(C)C3CCNC3)c12.Cl.Cl. The van der Waals surface area contributed by atoms with Crippen LogP contribution in [0.4, 0.5) is 0 Å². The molecule has 1 N–H and O–H groups in total. The van der Waals surface area contributed by atoms with E-state index in [1.54, 1.807) is 0 Å². The van der Waals surface area contributed by atoms with E-state index in [4.69, 9.17) is 10.1 Å². The van der Waals surface area contributed by atoms with E-state index in [1.165, 1.54) is 0 Å². The minimum absolute atomic E-state index is 0. The Morgan fingerprint density at radius 2 is 1.93 bits per heavy atom. The largest absolute Gasteiger partial charge is 0.337 e. The highest BCUT2D eigenvalue weighted by Gasteiger charge is 2.32. The molecule has 6 nitrogen and oxygen atoms in total. The van der Waals surface area contributed by atoms with Gasteiger partial charge >= 0.3 is 0 Å². The molecule has 2 aromatic rings. The molecular formula is C20H31Cl2N5O. The lowest BCUT2D eigenvalue weighted by Crippen LogP contribution is -2.38. The maximum absolute atomic E-state index is 13.4. The minimum atomic E-state index is -0.177. The third-order valence-corrected chi connectivity index (χ3v) is 5.60. The number of fused-ring (bicyclic) bond motifs is 1. The number of carbonyl (C=O) groups is 1. The number of likely N-dealkylation sites (N-methyl/N-ethyl adjacent to an activating group) is 1. The molecule has 1 unspecified atom stereocenters. The number of carbonyl (C=O) groups excluding carboxylic acids is 1. The van der Waals surface area contributed by atoms with E-state index in [-0.39, 0.29) is 42.3 Å². The zero-order valence-electron chi connectivity index (χ0n) is 17.3. The molecule has 1 aliphatic heterocycles. The third-order valence-electron chi connectivity index (χ3n) is 5.60. The quantitative estimate of drug-likeness (QED) is 0.811. The van der Waals surface area contributed by atoms with Crippen molar-refractivity contribution in [2.45, 2.75) is 64.5 Å². The normalized spacial score (nSPS) is 19.2. The van der Waals surface area contributed by atoms with Gasteiger partial charge in [0.05, 0.1) is 22.2 Å². The first-order valence-electron chi connectivity index (χ1n) is 9.66. The summed E-state index contributed by atoms with van der Waals surface area (Å²) in [5, 5.41) is 9.01. The Morgan fingerprint density at radius 3 is 2.46 bits per heavy atom. The number of nitrogens with zero attached hydrogens (tertiary/aromatic N) is 4. The summed E-state index contributed by atoms with van der Waals surface area (Å²) in [6, 6.07) is 2.29. The van der Waals surface area contributed by atoms with E-state index < -0.39 is 0 Å². The number of aryl methyl sites for hydroxylation is 1. The van der Waals surface area contributed by atoms with Crippen molar-refractivity contribution in [3.8, 4) is 0 Å². The summed E-state index contributed by atoms with van der Waals surface area (Å²) in [5.41, 5.74) is 3.36. The fraction of sp³-hybridized carbons (Fsp3) is 0.650. The van der Waals surface area contributed by atoms with Gasteiger partial charge in [0.2, 0.25) is 0 Å². The van der Waals surface area contributed by atoms with Crippen molar-refractivity contribution in [3.05, 3.63) is 23.0 Å². The van der Waals surface area contributed by atoms with Gasteiger partial charge in [-0.3, -0.25) is 4.79 Å². The zero-order chi connectivity index (χ0) is 18.6. The number of aromatic nitrogens is 3. The van der Waals surface area contributed by atoms with Crippen LogP contribution in [0, 0.1) is 6.92 Å². The van der Waals surface area contributed by atoms with Gasteiger partial charge in [-0.2, -0.15) is 5.10 Å². The standard InChI is InChI=1S/C20H29N5O.2ClH/c1-12-17-15(19(26)24(5)14-8-9-21-11-14)10-16(13-6-7-13)22-18(17)25(23-12)20(2,3)4;;/h10,13-14,21H,6-9,11H2,1-5H3;2*1H. The molecule has 3 heterocycles. The molecule has 1 atom stereocenters. The van der Waals surface area contributed by atoms with E-state index in [1.807, 2.05) is 29.6 Å². The van der Waals surface area contributed by atoms with Crippen molar-refractivity contribution in [3.63, 3.8) is 0 Å². The topological polar surface area (TPSA) is 63.1 Å². The van der Waals surface area contributed by atoms with Crippen molar-refractivity contribution in [1.82, 2.24) is 25.0 Å². The first kappa shape index (κ1) is 22.9. The van der Waals surface area contributed by atoms with Gasteiger partial charge in [-0.05, 0) is 59.6 Å². The van der Waals surface area contributed by atoms with Gasteiger partial charge in [0.1, 0.15) is 0 Å². The Bertz CT molecular complexity index is 864. The first-order chi connectivity index (χ1) is 12.3. The van der Waals surface area contributed by atoms with Gasteiger partial charge in [0.15, 0.2) is 5.65 Å². The average molecular weight is 428 g/mol. The van der Waals surface area contributed by atoms with Crippen LogP contribution in [0.5, 0.6) is 0 Å². The van der Waals surface area contributed by atoms with Gasteiger partial charge < -0.3 is 10.2 Å². The number of halogens is 2. The third kappa shape index (κ3) is 4.00. The van der Waals surface area contributed by atoms with Crippen molar-refractivity contribution in [2.24, 2.45) is 0 Å². The molecule has 2 aromatic heterocycles. The summed E-state index contributed by atoms with van der Waals surface area (Å²) in [5.74, 6) is 0.581. The van der Waals surface area contributed by atoms with Crippen LogP contribution in [0.25, 0.3) is 11.0 Å². The highest BCUT2D eigenvalue weighted by molar-refractivity contribution is 6.06. The van der Waals surface area contributed by atoms with Crippen molar-refractivity contribution in [2.75, 3.05) is 20.1 Å². The maximum Gasteiger partial charge on any atom is 0.254 e. The van der Waals surface area contributed by atoms with Gasteiger partial charge in [0, 0.05) is 31.2 Å². The Labute approximate surface area is 179 Å². The lowest BCUT2D eigenvalue weighted by atomic mass is 10.0. The molecule has 0 aromatic carbocycles. The highest BCUT2D eigenvalue weighted by atomic mass is 35.5. The summed E-state index contributed by atoms with van der Waals surface area (Å²) in [6.07, 6.45) is 3.33. The number of amides is 1. The minimum Gasteiger partial charge on any atom is -0.337 e. The van der Waals surface area contributed by atoms with E-state index in [2.05, 4.69) is 26.1 Å². The molecule has 0 radical (unpaired) electrons. The molecule has 0 spiro atoms. The second-order valence-corrected chi connectivity index (χ2v) is 8.80. The monoisotopic (exact) mass is 427 g/mol. The van der Waals surface area contributed by atoms with Gasteiger partial charge in [0.25, 0.3) is 5.91 Å². The fourth-order valence-corrected chi connectivity index (χ4v) is 3.86. The lowest BCUT2D eigenvalue weighted by Gasteiger charge is -2.25. The van der Waals surface area contributed by atoms with Crippen LogP contribution in [-0.2, 0) is 5.54 Å². The summed E-state index contributed by atoms with van der Waals surface area (Å²) in [6.45, 7) is 10.2. The van der Waals surface area contributed by atoms with Gasteiger partial charge in [-0.15, -0.1) is 24.8 Å². The van der Waals surface area contributed by atoms with Gasteiger partial charge in [-0.25, -0.2) is 9.67 Å². The van der Waals surface area contributed by atoms with E-state index in [0.717, 1.165) is 60.3 Å². The molecule has 1 saturated carbocycles. The Balaban J connectivity index is 0.00000140. The van der Waals surface area contributed by atoms with Crippen LogP contribution in [0.3, 0.4) is 0 Å². The summed E-state index contributed by atoms with van der Waals surface area (Å²) in [7, 11) is 1.92. The Morgan fingerprint density at radius 1 is 1.25 bits per heavy atom. The van der Waals surface area contributed by atoms with E-state index in [0.29, 0.717) is 5.92 Å². The zero-order valence-corrected chi connectivity index (χ0v) is 18.9. The van der Waals surface area contributed by atoms with Crippen LogP contribution in [-0.4, -0.2) is 51.8 Å². The second-order valence-electron chi connectivity index (χ2n) is 8.80. The molecule has 1 amide bonds. The molecule has 1 aliphatic carbocycles. The van der Waals surface area contributed by atoms with Crippen LogP contribution < -0.4 is 5.32 Å². The van der Waals surface area contributed by atoms with E-state index >= 15 is 0 Å². The summed E-state index contributed by atoms with van der Waals surface area (Å²) in [4.78, 5) is 20.2. The number of pyridine rings is 1. The van der Waals surface area contributed by atoms with Crippen LogP contribution >= 0.6 is 24.8 Å². The number of nitrogens with one attached hydrogen (secondary N) is 1. The summed E-state index contributed by atoms with van der Waals surface area (Å²) < 4.78 is 1.98. The maximum atomic E-state index is 13.4. The Hall–Kier alpha value is -1.37. The molecule has 0 bridgehead atoms. The predicted octanol–water partition coefficient (Wildman–Crippen LogP) is 3.65. The molecule has 8 heteroatoms. The van der Waals surface area contributed by atoms with Crippen molar-refractivity contribution >= 4 is 41.8 Å². The number of rotatable bonds is 3. The first-order valence-corrected chi connectivity index (χ1v) is 9.66. The van der Waals surface area contributed by atoms with Crippen LogP contribution in [0.1, 0.15) is 67.7 Å². The lowest BCUT2D eigenvalue weighted by molar-refractivity contribution is 0.0745. The second kappa shape index (κ2) is 8.17. The predicted molar refractivity (Wildman–Crippen MR) is 117 cm³/mol. The highest BCUT2D eigenvalue weighted by Crippen LogP contribution is 2.41. The van der Waals surface area contributed by atoms with Crippen LogP contribution in [0.15, 0.2) is 6.07 Å². The van der Waals surface area contributed by atoms with E-state index in [9.17, 15) is 4.79 Å². The Kier molecular flexibility index (Phi) is 6.68. The smallest absolute Gasteiger partial charge is 0.254 e.